The second-order valence-corrected chi connectivity index (χ2v) is 6.89. The maximum absolute atomic E-state index is 13.2. The third-order valence-corrected chi connectivity index (χ3v) is 5.05. The molecule has 3 rings (SSSR count). The van der Waals surface area contributed by atoms with E-state index in [1.807, 2.05) is 4.90 Å². The van der Waals surface area contributed by atoms with Crippen LogP contribution in [0.5, 0.6) is 0 Å². The maximum atomic E-state index is 13.2. The molecule has 140 valence electrons. The quantitative estimate of drug-likeness (QED) is 0.756. The molecule has 0 spiro atoms. The predicted octanol–water partition coefficient (Wildman–Crippen LogP) is 2.00. The molecule has 6 heteroatoms. The Bertz CT molecular complexity index is 671. The van der Waals surface area contributed by atoms with E-state index < -0.39 is 0 Å². The minimum absolute atomic E-state index is 0.119. The molecule has 0 aliphatic carbocycles. The van der Waals surface area contributed by atoms with Crippen molar-refractivity contribution in [1.29, 1.82) is 0 Å². The van der Waals surface area contributed by atoms with E-state index in [1.54, 1.807) is 23.1 Å². The Morgan fingerprint density at radius 1 is 1.08 bits per heavy atom. The molecule has 0 unspecified atom stereocenters. The van der Waals surface area contributed by atoms with Crippen molar-refractivity contribution in [3.63, 3.8) is 0 Å². The lowest BCUT2D eigenvalue weighted by Gasteiger charge is -2.24. The lowest BCUT2D eigenvalue weighted by molar-refractivity contribution is -0.130. The fourth-order valence-electron chi connectivity index (χ4n) is 3.48. The molecular weight excluding hydrogens is 333 g/mol. The predicted molar refractivity (Wildman–Crippen MR) is 98.9 cm³/mol. The van der Waals surface area contributed by atoms with Gasteiger partial charge in [-0.1, -0.05) is 12.1 Å². The summed E-state index contributed by atoms with van der Waals surface area (Å²) in [5.41, 5.74) is 0.650. The van der Waals surface area contributed by atoms with Crippen LogP contribution in [0, 0.1) is 5.82 Å². The molecule has 2 amide bonds. The van der Waals surface area contributed by atoms with Gasteiger partial charge in [-0.2, -0.15) is 0 Å². The Balaban J connectivity index is 1.51. The zero-order chi connectivity index (χ0) is 18.4. The highest BCUT2D eigenvalue weighted by Crippen LogP contribution is 2.10. The molecule has 1 aromatic carbocycles. The monoisotopic (exact) mass is 359 g/mol. The van der Waals surface area contributed by atoms with Crippen molar-refractivity contribution in [2.45, 2.75) is 19.3 Å². The van der Waals surface area contributed by atoms with Crippen molar-refractivity contribution >= 4 is 17.9 Å². The van der Waals surface area contributed by atoms with Crippen molar-refractivity contribution in [1.82, 2.24) is 14.7 Å². The first-order chi connectivity index (χ1) is 12.6. The van der Waals surface area contributed by atoms with Crippen LogP contribution in [0.3, 0.4) is 0 Å². The van der Waals surface area contributed by atoms with Crippen LogP contribution in [-0.4, -0.2) is 72.3 Å². The number of amides is 2. The molecule has 0 saturated carbocycles. The van der Waals surface area contributed by atoms with Crippen molar-refractivity contribution < 1.29 is 14.0 Å². The first-order valence-electron chi connectivity index (χ1n) is 9.34. The van der Waals surface area contributed by atoms with E-state index in [1.165, 1.54) is 31.1 Å². The van der Waals surface area contributed by atoms with Crippen LogP contribution in [0.25, 0.3) is 6.08 Å². The zero-order valence-corrected chi connectivity index (χ0v) is 15.1. The average molecular weight is 359 g/mol. The summed E-state index contributed by atoms with van der Waals surface area (Å²) in [4.78, 5) is 30.7. The maximum Gasteiger partial charge on any atom is 0.246 e. The number of rotatable bonds is 5. The van der Waals surface area contributed by atoms with E-state index in [9.17, 15) is 14.0 Å². The number of hydrogen-bond acceptors (Lipinski definition) is 3. The highest BCUT2D eigenvalue weighted by atomic mass is 19.1. The average Bonchev–Trinajstić information content (AvgIpc) is 3.08. The largest absolute Gasteiger partial charge is 0.340 e. The summed E-state index contributed by atoms with van der Waals surface area (Å²) in [6.45, 7) is 5.45. The van der Waals surface area contributed by atoms with Crippen LogP contribution in [0.4, 0.5) is 4.39 Å². The summed E-state index contributed by atoms with van der Waals surface area (Å²) in [7, 11) is 0. The number of carbonyl (C=O) groups is 2. The van der Waals surface area contributed by atoms with E-state index >= 15 is 0 Å². The molecule has 5 nitrogen and oxygen atoms in total. The van der Waals surface area contributed by atoms with Gasteiger partial charge in [-0.15, -0.1) is 0 Å². The van der Waals surface area contributed by atoms with Gasteiger partial charge in [0.05, 0.1) is 0 Å². The highest BCUT2D eigenvalue weighted by molar-refractivity contribution is 5.92. The van der Waals surface area contributed by atoms with E-state index in [0.29, 0.717) is 31.6 Å². The molecule has 26 heavy (non-hydrogen) atoms. The summed E-state index contributed by atoms with van der Waals surface area (Å²) in [5, 5.41) is 0. The third kappa shape index (κ3) is 5.14. The first kappa shape index (κ1) is 18.6. The van der Waals surface area contributed by atoms with Crippen molar-refractivity contribution in [3.05, 3.63) is 41.7 Å². The molecule has 1 aromatic rings. The minimum atomic E-state index is -0.325. The molecule has 2 aliphatic heterocycles. The summed E-state index contributed by atoms with van der Waals surface area (Å²) in [6, 6.07) is 6.12. The normalized spacial score (nSPS) is 19.3. The molecule has 2 aliphatic rings. The number of hydrogen-bond donors (Lipinski definition) is 0. The number of nitrogens with zero attached hydrogens (tertiary/aromatic N) is 3. The molecule has 2 heterocycles. The van der Waals surface area contributed by atoms with Gasteiger partial charge in [-0.25, -0.2) is 4.39 Å². The van der Waals surface area contributed by atoms with Gasteiger partial charge in [0.2, 0.25) is 11.8 Å². The van der Waals surface area contributed by atoms with Gasteiger partial charge in [0.15, 0.2) is 0 Å². The summed E-state index contributed by atoms with van der Waals surface area (Å²) in [5.74, 6) is -0.342. The number of halogens is 1. The molecule has 0 N–H and O–H groups in total. The van der Waals surface area contributed by atoms with Gasteiger partial charge < -0.3 is 14.7 Å². The van der Waals surface area contributed by atoms with E-state index in [4.69, 9.17) is 0 Å². The molecule has 2 fully saturated rings. The second kappa shape index (κ2) is 8.94. The van der Waals surface area contributed by atoms with Gasteiger partial charge in [0.1, 0.15) is 5.82 Å². The zero-order valence-electron chi connectivity index (χ0n) is 15.1. The fourth-order valence-corrected chi connectivity index (χ4v) is 3.48. The Morgan fingerprint density at radius 3 is 2.65 bits per heavy atom. The highest BCUT2D eigenvalue weighted by Gasteiger charge is 2.23. The molecular formula is C20H26FN3O2. The van der Waals surface area contributed by atoms with Crippen LogP contribution < -0.4 is 0 Å². The van der Waals surface area contributed by atoms with Gasteiger partial charge in [-0.05, 0) is 49.7 Å². The van der Waals surface area contributed by atoms with Crippen molar-refractivity contribution in [2.24, 2.45) is 0 Å². The fraction of sp³-hybridized carbons (Fsp3) is 0.500. The van der Waals surface area contributed by atoms with Crippen molar-refractivity contribution in [2.75, 3.05) is 45.8 Å². The smallest absolute Gasteiger partial charge is 0.246 e. The van der Waals surface area contributed by atoms with Gasteiger partial charge in [-0.3, -0.25) is 9.59 Å². The molecule has 0 aromatic heterocycles. The number of carbonyl (C=O) groups excluding carboxylic acids is 2. The molecule has 2 saturated heterocycles. The Morgan fingerprint density at radius 2 is 1.88 bits per heavy atom. The lowest BCUT2D eigenvalue weighted by Crippen LogP contribution is -2.39. The van der Waals surface area contributed by atoms with Crippen LogP contribution in [0.15, 0.2) is 30.3 Å². The lowest BCUT2D eigenvalue weighted by atomic mass is 10.2. The second-order valence-electron chi connectivity index (χ2n) is 6.89. The first-order valence-corrected chi connectivity index (χ1v) is 9.34. The van der Waals surface area contributed by atoms with E-state index in [0.717, 1.165) is 26.2 Å². The molecule has 0 radical (unpaired) electrons. The van der Waals surface area contributed by atoms with Gasteiger partial charge in [0, 0.05) is 45.2 Å². The Kier molecular flexibility index (Phi) is 6.39. The Hall–Kier alpha value is -2.21. The summed E-state index contributed by atoms with van der Waals surface area (Å²) >= 11 is 0. The Labute approximate surface area is 154 Å². The molecule has 0 bridgehead atoms. The van der Waals surface area contributed by atoms with Crippen LogP contribution in [0.2, 0.25) is 0 Å². The van der Waals surface area contributed by atoms with Gasteiger partial charge >= 0.3 is 0 Å². The number of likely N-dealkylation sites (tertiary alicyclic amines) is 1. The summed E-state index contributed by atoms with van der Waals surface area (Å²) in [6.07, 6.45) is 5.92. The van der Waals surface area contributed by atoms with Gasteiger partial charge in [0.25, 0.3) is 0 Å². The standard InChI is InChI=1S/C20H26FN3O2/c21-18-5-3-4-17(16-18)6-7-19(25)23-11-8-20(26)24(15-14-23)13-12-22-9-1-2-10-22/h3-7,16H,1-2,8-15H2/b7-6+. The van der Waals surface area contributed by atoms with E-state index in [2.05, 4.69) is 4.90 Å². The molecule has 0 atom stereocenters. The number of benzene rings is 1. The summed E-state index contributed by atoms with van der Waals surface area (Å²) < 4.78 is 13.2. The van der Waals surface area contributed by atoms with Crippen LogP contribution in [-0.2, 0) is 9.59 Å². The van der Waals surface area contributed by atoms with Crippen LogP contribution in [0.1, 0.15) is 24.8 Å². The van der Waals surface area contributed by atoms with E-state index in [-0.39, 0.29) is 17.6 Å². The third-order valence-electron chi connectivity index (χ3n) is 5.05. The minimum Gasteiger partial charge on any atom is -0.340 e. The van der Waals surface area contributed by atoms with Crippen LogP contribution >= 0.6 is 0 Å². The van der Waals surface area contributed by atoms with Crippen molar-refractivity contribution in [3.8, 4) is 0 Å². The SMILES string of the molecule is O=C(/C=C/c1cccc(F)c1)N1CCC(=O)N(CCN2CCCC2)CC1. The topological polar surface area (TPSA) is 43.9 Å².